The van der Waals surface area contributed by atoms with E-state index in [1.807, 2.05) is 18.5 Å². The lowest BCUT2D eigenvalue weighted by atomic mass is 9.93. The first-order chi connectivity index (χ1) is 13.3. The molecule has 5 rings (SSSR count). The van der Waals surface area contributed by atoms with E-state index in [1.54, 1.807) is 17.5 Å². The van der Waals surface area contributed by atoms with E-state index in [2.05, 4.69) is 38.1 Å². The molecule has 0 spiro atoms. The summed E-state index contributed by atoms with van der Waals surface area (Å²) in [5.74, 6) is 0. The number of anilines is 1. The summed E-state index contributed by atoms with van der Waals surface area (Å²) >= 11 is 1.65. The molecule has 0 aliphatic heterocycles. The van der Waals surface area contributed by atoms with Crippen LogP contribution in [0.4, 0.5) is 5.13 Å². The van der Waals surface area contributed by atoms with Crippen molar-refractivity contribution in [1.82, 2.24) is 19.5 Å². The molecule has 4 aromatic rings. The number of imidazole rings is 1. The summed E-state index contributed by atoms with van der Waals surface area (Å²) in [4.78, 5) is 13.5. The number of pyridine rings is 1. The molecule has 27 heavy (non-hydrogen) atoms. The van der Waals surface area contributed by atoms with Gasteiger partial charge in [-0.3, -0.25) is 0 Å². The number of hydrogen-bond acceptors (Lipinski definition) is 6. The highest BCUT2D eigenvalue weighted by atomic mass is 32.1. The number of nitrogens with zero attached hydrogens (tertiary/aromatic N) is 4. The van der Waals surface area contributed by atoms with Gasteiger partial charge in [0.25, 0.3) is 0 Å². The maximum absolute atomic E-state index is 10.2. The Morgan fingerprint density at radius 1 is 1.15 bits per heavy atom. The molecular weight excluding hydrogens is 358 g/mol. The normalized spacial score (nSPS) is 20.3. The van der Waals surface area contributed by atoms with Gasteiger partial charge in [-0.2, -0.15) is 0 Å². The first-order valence-corrected chi connectivity index (χ1v) is 10.2. The van der Waals surface area contributed by atoms with Crippen LogP contribution in [0.25, 0.3) is 21.4 Å². The Kier molecular flexibility index (Phi) is 4.26. The zero-order valence-corrected chi connectivity index (χ0v) is 15.7. The molecule has 2 atom stereocenters. The smallest absolute Gasteiger partial charge is 0.184 e. The molecule has 3 aromatic heterocycles. The number of aliphatic hydroxyl groups excluding tert-OH is 1. The SMILES string of the molecule is OC1CCCCC1Nc1nc2ccc(Cn3cnc4cccnc43)cc2s1. The van der Waals surface area contributed by atoms with E-state index in [-0.39, 0.29) is 12.1 Å². The van der Waals surface area contributed by atoms with E-state index >= 15 is 0 Å². The van der Waals surface area contributed by atoms with Crippen molar-refractivity contribution in [2.45, 2.75) is 44.4 Å². The van der Waals surface area contributed by atoms with E-state index in [9.17, 15) is 5.11 Å². The van der Waals surface area contributed by atoms with Crippen molar-refractivity contribution in [1.29, 1.82) is 0 Å². The highest BCUT2D eigenvalue weighted by Crippen LogP contribution is 2.30. The predicted molar refractivity (Wildman–Crippen MR) is 108 cm³/mol. The lowest BCUT2D eigenvalue weighted by molar-refractivity contribution is 0.116. The molecule has 3 heterocycles. The maximum atomic E-state index is 10.2. The van der Waals surface area contributed by atoms with Gasteiger partial charge in [0.1, 0.15) is 5.52 Å². The van der Waals surface area contributed by atoms with Gasteiger partial charge in [0.2, 0.25) is 0 Å². The number of aliphatic hydroxyl groups is 1. The van der Waals surface area contributed by atoms with Gasteiger partial charge in [0, 0.05) is 6.20 Å². The van der Waals surface area contributed by atoms with Crippen LogP contribution >= 0.6 is 11.3 Å². The van der Waals surface area contributed by atoms with Crippen LogP contribution in [0.1, 0.15) is 31.2 Å². The van der Waals surface area contributed by atoms with Gasteiger partial charge in [-0.1, -0.05) is 30.2 Å². The van der Waals surface area contributed by atoms with Crippen LogP contribution in [0.3, 0.4) is 0 Å². The Bertz CT molecular complexity index is 1090. The third-order valence-electron chi connectivity index (χ3n) is 5.22. The van der Waals surface area contributed by atoms with Crippen LogP contribution in [0.2, 0.25) is 0 Å². The number of nitrogens with one attached hydrogen (secondary N) is 1. The number of hydrogen-bond donors (Lipinski definition) is 2. The van der Waals surface area contributed by atoms with Crippen LogP contribution in [-0.4, -0.2) is 36.8 Å². The summed E-state index contributed by atoms with van der Waals surface area (Å²) in [6.07, 6.45) is 7.51. The Morgan fingerprint density at radius 3 is 3.00 bits per heavy atom. The lowest BCUT2D eigenvalue weighted by Crippen LogP contribution is -2.36. The van der Waals surface area contributed by atoms with Gasteiger partial charge in [0.05, 0.1) is 35.2 Å². The third kappa shape index (κ3) is 3.28. The quantitative estimate of drug-likeness (QED) is 0.564. The van der Waals surface area contributed by atoms with Crippen LogP contribution in [0.15, 0.2) is 42.9 Å². The van der Waals surface area contributed by atoms with E-state index in [0.29, 0.717) is 0 Å². The summed E-state index contributed by atoms with van der Waals surface area (Å²) in [6, 6.07) is 10.3. The van der Waals surface area contributed by atoms with Crippen molar-refractivity contribution in [3.63, 3.8) is 0 Å². The molecule has 1 aliphatic carbocycles. The number of thiazole rings is 1. The monoisotopic (exact) mass is 379 g/mol. The molecule has 6 nitrogen and oxygen atoms in total. The Morgan fingerprint density at radius 2 is 2.07 bits per heavy atom. The topological polar surface area (TPSA) is 75.9 Å². The van der Waals surface area contributed by atoms with Gasteiger partial charge in [-0.05, 0) is 42.7 Å². The first kappa shape index (κ1) is 16.6. The fourth-order valence-electron chi connectivity index (χ4n) is 3.78. The van der Waals surface area contributed by atoms with Crippen LogP contribution in [-0.2, 0) is 6.54 Å². The van der Waals surface area contributed by atoms with Crippen LogP contribution in [0.5, 0.6) is 0 Å². The minimum atomic E-state index is -0.275. The average molecular weight is 379 g/mol. The molecule has 1 fully saturated rings. The number of rotatable bonds is 4. The molecule has 2 N–H and O–H groups in total. The van der Waals surface area contributed by atoms with Crippen molar-refractivity contribution in [2.24, 2.45) is 0 Å². The van der Waals surface area contributed by atoms with Crippen molar-refractivity contribution >= 4 is 37.8 Å². The van der Waals surface area contributed by atoms with Gasteiger partial charge in [-0.15, -0.1) is 0 Å². The fraction of sp³-hybridized carbons (Fsp3) is 0.350. The number of fused-ring (bicyclic) bond motifs is 2. The zero-order valence-electron chi connectivity index (χ0n) is 14.9. The minimum absolute atomic E-state index is 0.113. The highest BCUT2D eigenvalue weighted by molar-refractivity contribution is 7.22. The van der Waals surface area contributed by atoms with E-state index < -0.39 is 0 Å². The second kappa shape index (κ2) is 6.90. The van der Waals surface area contributed by atoms with Crippen molar-refractivity contribution in [2.75, 3.05) is 5.32 Å². The standard InChI is InChI=1S/C20H21N5OS/c26-17-6-2-1-4-14(17)23-20-24-15-8-7-13(10-18(15)27-20)11-25-12-22-16-5-3-9-21-19(16)25/h3,5,7-10,12,14,17,26H,1-2,4,6,11H2,(H,23,24). The summed E-state index contributed by atoms with van der Waals surface area (Å²) in [5, 5.41) is 14.5. The molecule has 1 saturated carbocycles. The van der Waals surface area contributed by atoms with E-state index in [4.69, 9.17) is 4.98 Å². The van der Waals surface area contributed by atoms with Gasteiger partial charge < -0.3 is 15.0 Å². The van der Waals surface area contributed by atoms with Crippen molar-refractivity contribution in [3.05, 3.63) is 48.4 Å². The molecule has 0 amide bonds. The molecule has 0 radical (unpaired) electrons. The minimum Gasteiger partial charge on any atom is -0.391 e. The number of benzene rings is 1. The lowest BCUT2D eigenvalue weighted by Gasteiger charge is -2.27. The summed E-state index contributed by atoms with van der Waals surface area (Å²) in [7, 11) is 0. The van der Waals surface area contributed by atoms with Gasteiger partial charge >= 0.3 is 0 Å². The molecule has 0 saturated heterocycles. The third-order valence-corrected chi connectivity index (χ3v) is 6.17. The Labute approximate surface area is 160 Å². The van der Waals surface area contributed by atoms with Crippen LogP contribution < -0.4 is 5.32 Å². The van der Waals surface area contributed by atoms with Crippen molar-refractivity contribution in [3.8, 4) is 0 Å². The molecule has 0 bridgehead atoms. The first-order valence-electron chi connectivity index (χ1n) is 9.36. The van der Waals surface area contributed by atoms with E-state index in [0.717, 1.165) is 58.7 Å². The van der Waals surface area contributed by atoms with Crippen molar-refractivity contribution < 1.29 is 5.11 Å². The van der Waals surface area contributed by atoms with Gasteiger partial charge in [0.15, 0.2) is 10.8 Å². The number of aromatic nitrogens is 4. The highest BCUT2D eigenvalue weighted by Gasteiger charge is 2.23. The molecule has 1 aromatic carbocycles. The van der Waals surface area contributed by atoms with Gasteiger partial charge in [-0.25, -0.2) is 15.0 Å². The Balaban J connectivity index is 1.39. The fourth-order valence-corrected chi connectivity index (χ4v) is 4.77. The second-order valence-electron chi connectivity index (χ2n) is 7.14. The summed E-state index contributed by atoms with van der Waals surface area (Å²) < 4.78 is 3.22. The largest absolute Gasteiger partial charge is 0.391 e. The average Bonchev–Trinajstić information content (AvgIpc) is 3.27. The van der Waals surface area contributed by atoms with E-state index in [1.165, 1.54) is 5.56 Å². The molecule has 2 unspecified atom stereocenters. The second-order valence-corrected chi connectivity index (χ2v) is 8.17. The molecule has 7 heteroatoms. The van der Waals surface area contributed by atoms with Crippen LogP contribution in [0, 0.1) is 0 Å². The summed E-state index contributed by atoms with van der Waals surface area (Å²) in [6.45, 7) is 0.728. The zero-order chi connectivity index (χ0) is 18.2. The molecular formula is C20H21N5OS. The maximum Gasteiger partial charge on any atom is 0.184 e. The Hall–Kier alpha value is -2.51. The molecule has 1 aliphatic rings. The predicted octanol–water partition coefficient (Wildman–Crippen LogP) is 3.80. The molecule has 138 valence electrons. The summed E-state index contributed by atoms with van der Waals surface area (Å²) in [5.41, 5.74) is 4.00.